The lowest BCUT2D eigenvalue weighted by Gasteiger charge is -2.15. The molecule has 0 saturated heterocycles. The van der Waals surface area contributed by atoms with E-state index >= 15 is 0 Å². The summed E-state index contributed by atoms with van der Waals surface area (Å²) in [5.74, 6) is 2.09. The highest BCUT2D eigenvalue weighted by Crippen LogP contribution is 2.30. The number of methoxy groups -OCH3 is 1. The van der Waals surface area contributed by atoms with E-state index < -0.39 is 0 Å². The maximum absolute atomic E-state index is 5.59. The third-order valence-corrected chi connectivity index (χ3v) is 4.44. The van der Waals surface area contributed by atoms with Gasteiger partial charge < -0.3 is 20.1 Å². The van der Waals surface area contributed by atoms with Crippen molar-refractivity contribution in [3.8, 4) is 17.2 Å². The Morgan fingerprint density at radius 1 is 1.10 bits per heavy atom. The lowest BCUT2D eigenvalue weighted by molar-refractivity contribution is 0.311. The van der Waals surface area contributed by atoms with Gasteiger partial charge in [-0.05, 0) is 50.6 Å². The van der Waals surface area contributed by atoms with Crippen molar-refractivity contribution in [2.75, 3.05) is 25.6 Å². The first-order valence-electron chi connectivity index (χ1n) is 10.1. The summed E-state index contributed by atoms with van der Waals surface area (Å²) in [5.41, 5.74) is 3.95. The van der Waals surface area contributed by atoms with E-state index in [9.17, 15) is 0 Å². The van der Waals surface area contributed by atoms with Crippen LogP contribution in [0.3, 0.4) is 0 Å². The number of anilines is 1. The van der Waals surface area contributed by atoms with Gasteiger partial charge in [0, 0.05) is 24.5 Å². The minimum absolute atomic E-state index is 0. The molecule has 8 heteroatoms. The minimum atomic E-state index is 0. The molecule has 2 N–H and O–H groups in total. The molecule has 0 aliphatic heterocycles. The third kappa shape index (κ3) is 6.61. The van der Waals surface area contributed by atoms with Gasteiger partial charge in [-0.2, -0.15) is 5.10 Å². The molecule has 0 amide bonds. The Morgan fingerprint density at radius 2 is 1.90 bits per heavy atom. The molecule has 0 aliphatic carbocycles. The van der Waals surface area contributed by atoms with Gasteiger partial charge in [0.25, 0.3) is 0 Å². The molecule has 3 rings (SSSR count). The topological polar surface area (TPSA) is 72.7 Å². The van der Waals surface area contributed by atoms with Crippen LogP contribution in [-0.2, 0) is 6.54 Å². The molecule has 0 saturated carbocycles. The van der Waals surface area contributed by atoms with Crippen LogP contribution in [0.5, 0.6) is 11.5 Å². The first-order valence-corrected chi connectivity index (χ1v) is 10.1. The minimum Gasteiger partial charge on any atom is -0.493 e. The van der Waals surface area contributed by atoms with Crippen molar-refractivity contribution < 1.29 is 9.47 Å². The Balaban J connectivity index is 0.00000341. The van der Waals surface area contributed by atoms with E-state index in [2.05, 4.69) is 27.9 Å². The number of nitrogens with one attached hydrogen (secondary N) is 2. The summed E-state index contributed by atoms with van der Waals surface area (Å²) in [4.78, 5) is 4.77. The van der Waals surface area contributed by atoms with Gasteiger partial charge in [-0.1, -0.05) is 18.2 Å². The van der Waals surface area contributed by atoms with Crippen LogP contribution >= 0.6 is 24.0 Å². The molecule has 166 valence electrons. The lowest BCUT2D eigenvalue weighted by atomic mass is 10.2. The molecule has 1 heterocycles. The number of guanidine groups is 1. The molecule has 1 aromatic heterocycles. The van der Waals surface area contributed by atoms with E-state index in [4.69, 9.17) is 14.5 Å². The van der Waals surface area contributed by atoms with Crippen LogP contribution < -0.4 is 20.1 Å². The van der Waals surface area contributed by atoms with Crippen molar-refractivity contribution in [1.82, 2.24) is 15.1 Å². The van der Waals surface area contributed by atoms with Gasteiger partial charge in [-0.15, -0.1) is 24.0 Å². The standard InChI is InChI=1S/C23H29N5O2.HI/c1-5-24-23(26-19-11-12-21(30-6-2)22(15-19)29-4)25-16-18-9-7-8-10-20(18)28-14-13-17(3)27-28;/h7-15H,5-6,16H2,1-4H3,(H2,24,25,26);1H. The number of nitrogens with zero attached hydrogens (tertiary/aromatic N) is 3. The van der Waals surface area contributed by atoms with Crippen molar-refractivity contribution in [3.05, 3.63) is 66.0 Å². The molecule has 0 unspecified atom stereocenters. The highest BCUT2D eigenvalue weighted by molar-refractivity contribution is 14.0. The van der Waals surface area contributed by atoms with Crippen molar-refractivity contribution in [2.24, 2.45) is 4.99 Å². The predicted octanol–water partition coefficient (Wildman–Crippen LogP) is 4.78. The number of aryl methyl sites for hydroxylation is 1. The van der Waals surface area contributed by atoms with E-state index in [1.807, 2.05) is 68.0 Å². The second-order valence-corrected chi connectivity index (χ2v) is 6.65. The molecule has 2 aromatic carbocycles. The molecule has 0 fully saturated rings. The highest BCUT2D eigenvalue weighted by atomic mass is 127. The number of benzene rings is 2. The Hall–Kier alpha value is -2.75. The maximum atomic E-state index is 5.59. The van der Waals surface area contributed by atoms with Crippen molar-refractivity contribution in [1.29, 1.82) is 0 Å². The van der Waals surface area contributed by atoms with Crippen LogP contribution in [0, 0.1) is 6.92 Å². The number of halogens is 1. The molecule has 0 aliphatic rings. The van der Waals surface area contributed by atoms with E-state index in [1.54, 1.807) is 7.11 Å². The zero-order chi connectivity index (χ0) is 21.3. The molecule has 0 spiro atoms. The quantitative estimate of drug-likeness (QED) is 0.247. The highest BCUT2D eigenvalue weighted by Gasteiger charge is 2.08. The Bertz CT molecular complexity index is 1000. The van der Waals surface area contributed by atoms with Crippen LogP contribution in [0.15, 0.2) is 59.7 Å². The van der Waals surface area contributed by atoms with Gasteiger partial charge in [0.1, 0.15) is 0 Å². The maximum Gasteiger partial charge on any atom is 0.196 e. The van der Waals surface area contributed by atoms with Crippen molar-refractivity contribution in [3.63, 3.8) is 0 Å². The molecular weight excluding hydrogens is 505 g/mol. The van der Waals surface area contributed by atoms with Gasteiger partial charge >= 0.3 is 0 Å². The monoisotopic (exact) mass is 535 g/mol. The second-order valence-electron chi connectivity index (χ2n) is 6.65. The molecule has 0 radical (unpaired) electrons. The van der Waals surface area contributed by atoms with Crippen molar-refractivity contribution in [2.45, 2.75) is 27.3 Å². The van der Waals surface area contributed by atoms with Gasteiger partial charge in [-0.3, -0.25) is 0 Å². The number of hydrogen-bond acceptors (Lipinski definition) is 4. The van der Waals surface area contributed by atoms with E-state index in [1.165, 1.54) is 0 Å². The summed E-state index contributed by atoms with van der Waals surface area (Å²) >= 11 is 0. The van der Waals surface area contributed by atoms with Crippen LogP contribution in [0.25, 0.3) is 5.69 Å². The number of para-hydroxylation sites is 1. The van der Waals surface area contributed by atoms with Gasteiger partial charge in [-0.25, -0.2) is 9.67 Å². The van der Waals surface area contributed by atoms with E-state index in [0.29, 0.717) is 24.9 Å². The van der Waals surface area contributed by atoms with Gasteiger partial charge in [0.15, 0.2) is 17.5 Å². The molecule has 3 aromatic rings. The molecular formula is C23H30IN5O2. The number of aliphatic imine (C=N–C) groups is 1. The number of rotatable bonds is 8. The molecule has 7 nitrogen and oxygen atoms in total. The van der Waals surface area contributed by atoms with Gasteiger partial charge in [0.2, 0.25) is 0 Å². The molecule has 0 atom stereocenters. The Labute approximate surface area is 200 Å². The first kappa shape index (κ1) is 24.5. The van der Waals surface area contributed by atoms with Crippen LogP contribution in [0.2, 0.25) is 0 Å². The zero-order valence-corrected chi connectivity index (χ0v) is 20.7. The van der Waals surface area contributed by atoms with Crippen LogP contribution in [0.1, 0.15) is 25.1 Å². The Morgan fingerprint density at radius 3 is 2.58 bits per heavy atom. The second kappa shape index (κ2) is 12.2. The largest absolute Gasteiger partial charge is 0.493 e. The van der Waals surface area contributed by atoms with E-state index in [-0.39, 0.29) is 24.0 Å². The third-order valence-electron chi connectivity index (χ3n) is 4.44. The molecule has 0 bridgehead atoms. The fourth-order valence-electron chi connectivity index (χ4n) is 3.05. The summed E-state index contributed by atoms with van der Waals surface area (Å²) in [6, 6.07) is 15.9. The Kier molecular flexibility index (Phi) is 9.64. The lowest BCUT2D eigenvalue weighted by Crippen LogP contribution is -2.30. The number of aromatic nitrogens is 2. The zero-order valence-electron chi connectivity index (χ0n) is 18.4. The predicted molar refractivity (Wildman–Crippen MR) is 136 cm³/mol. The van der Waals surface area contributed by atoms with Gasteiger partial charge in [0.05, 0.1) is 31.6 Å². The average molecular weight is 535 g/mol. The average Bonchev–Trinajstić information content (AvgIpc) is 3.19. The molecule has 31 heavy (non-hydrogen) atoms. The fourth-order valence-corrected chi connectivity index (χ4v) is 3.05. The van der Waals surface area contributed by atoms with E-state index in [0.717, 1.165) is 34.9 Å². The normalized spacial score (nSPS) is 10.9. The SMILES string of the molecule is CCNC(=NCc1ccccc1-n1ccc(C)n1)Nc1ccc(OCC)c(OC)c1.I. The van der Waals surface area contributed by atoms with Crippen LogP contribution in [-0.4, -0.2) is 36.0 Å². The summed E-state index contributed by atoms with van der Waals surface area (Å²) < 4.78 is 12.9. The summed E-state index contributed by atoms with van der Waals surface area (Å²) in [7, 11) is 1.63. The summed E-state index contributed by atoms with van der Waals surface area (Å²) in [6.45, 7) is 7.82. The van der Waals surface area contributed by atoms with Crippen molar-refractivity contribution >= 4 is 35.6 Å². The number of hydrogen-bond donors (Lipinski definition) is 2. The first-order chi connectivity index (χ1) is 14.6. The fraction of sp³-hybridized carbons (Fsp3) is 0.304. The smallest absolute Gasteiger partial charge is 0.196 e. The van der Waals surface area contributed by atoms with Crippen LogP contribution in [0.4, 0.5) is 5.69 Å². The summed E-state index contributed by atoms with van der Waals surface area (Å²) in [6.07, 6.45) is 1.97. The summed E-state index contributed by atoms with van der Waals surface area (Å²) in [5, 5.41) is 11.2. The number of ether oxygens (including phenoxy) is 2.